The highest BCUT2D eigenvalue weighted by Gasteiger charge is 2.21. The summed E-state index contributed by atoms with van der Waals surface area (Å²) in [4.78, 5) is 4.25. The molecule has 0 atom stereocenters. The number of hydrogen-bond donors (Lipinski definition) is 0. The van der Waals surface area contributed by atoms with E-state index in [1.54, 1.807) is 12.3 Å². The Kier molecular flexibility index (Phi) is 4.92. The maximum absolute atomic E-state index is 9.88. The van der Waals surface area contributed by atoms with Crippen LogP contribution in [0.4, 0.5) is 0 Å². The molecule has 0 saturated carbocycles. The van der Waals surface area contributed by atoms with Crippen molar-refractivity contribution in [2.75, 3.05) is 0 Å². The maximum Gasteiger partial charge on any atom is 0.225 e. The molecule has 0 spiro atoms. The number of aryl methyl sites for hydroxylation is 1. The van der Waals surface area contributed by atoms with Gasteiger partial charge in [0.05, 0.1) is 11.6 Å². The molecule has 0 bridgehead atoms. The number of benzene rings is 2. The van der Waals surface area contributed by atoms with Gasteiger partial charge in [-0.05, 0) is 62.7 Å². The number of rotatable bonds is 5. The highest BCUT2D eigenvalue weighted by molar-refractivity contribution is 5.91. The third-order valence-electron chi connectivity index (χ3n) is 4.50. The van der Waals surface area contributed by atoms with Gasteiger partial charge in [-0.1, -0.05) is 18.2 Å². The Morgan fingerprint density at radius 2 is 1.83 bits per heavy atom. The third kappa shape index (κ3) is 3.65. The fourth-order valence-electron chi connectivity index (χ4n) is 3.29. The second kappa shape index (κ2) is 7.69. The Bertz CT molecular complexity index is 1190. The fourth-order valence-corrected chi connectivity index (χ4v) is 3.29. The van der Waals surface area contributed by atoms with Crippen LogP contribution in [0.5, 0.6) is 17.5 Å². The molecule has 4 aromatic rings. The predicted octanol–water partition coefficient (Wildman–Crippen LogP) is 5.79. The lowest BCUT2D eigenvalue weighted by molar-refractivity contribution is 0.242. The molecule has 0 amide bonds. The molecular formula is C24H21N3O2. The first-order chi connectivity index (χ1) is 14.1. The van der Waals surface area contributed by atoms with Crippen molar-refractivity contribution in [1.82, 2.24) is 9.55 Å². The van der Waals surface area contributed by atoms with Crippen LogP contribution in [0, 0.1) is 18.3 Å². The summed E-state index contributed by atoms with van der Waals surface area (Å²) >= 11 is 0. The molecule has 2 aromatic heterocycles. The van der Waals surface area contributed by atoms with Gasteiger partial charge < -0.3 is 9.47 Å². The molecule has 29 heavy (non-hydrogen) atoms. The van der Waals surface area contributed by atoms with Crippen molar-refractivity contribution in [2.24, 2.45) is 0 Å². The van der Waals surface area contributed by atoms with Crippen molar-refractivity contribution in [3.8, 4) is 29.3 Å². The Labute approximate surface area is 169 Å². The van der Waals surface area contributed by atoms with Gasteiger partial charge >= 0.3 is 0 Å². The molecule has 0 radical (unpaired) electrons. The number of nitriles is 1. The molecule has 0 aliphatic rings. The van der Waals surface area contributed by atoms with Crippen molar-refractivity contribution in [1.29, 1.82) is 5.26 Å². The Balaban J connectivity index is 1.92. The van der Waals surface area contributed by atoms with E-state index in [4.69, 9.17) is 9.47 Å². The molecule has 0 fully saturated rings. The molecule has 0 unspecified atom stereocenters. The maximum atomic E-state index is 9.88. The summed E-state index contributed by atoms with van der Waals surface area (Å²) < 4.78 is 13.8. The average molecular weight is 383 g/mol. The van der Waals surface area contributed by atoms with E-state index in [1.807, 2.05) is 73.9 Å². The van der Waals surface area contributed by atoms with Gasteiger partial charge in [0.1, 0.15) is 17.4 Å². The number of fused-ring (bicyclic) bond motifs is 1. The number of nitrogens with zero attached hydrogens (tertiary/aromatic N) is 3. The van der Waals surface area contributed by atoms with Crippen LogP contribution in [0.15, 0.2) is 66.9 Å². The second-order valence-electron chi connectivity index (χ2n) is 7.08. The zero-order valence-electron chi connectivity index (χ0n) is 16.6. The van der Waals surface area contributed by atoms with Gasteiger partial charge in [-0.3, -0.25) is 4.57 Å². The molecule has 0 aliphatic heterocycles. The van der Waals surface area contributed by atoms with E-state index in [1.165, 1.54) is 0 Å². The van der Waals surface area contributed by atoms with Crippen LogP contribution in [0.2, 0.25) is 0 Å². The standard InChI is InChI=1S/C24H21N3O2/c1-16(2)28-19-10-8-18(9-11-19)27-22-14-17(3)7-12-20(22)21(15-25)24(27)29-23-6-4-5-13-26-23/h4-14,16H,1-3H3. The zero-order valence-corrected chi connectivity index (χ0v) is 16.6. The normalized spacial score (nSPS) is 10.9. The summed E-state index contributed by atoms with van der Waals surface area (Å²) in [5.74, 6) is 1.68. The first kappa shape index (κ1) is 18.6. The molecule has 4 rings (SSSR count). The summed E-state index contributed by atoms with van der Waals surface area (Å²) in [5, 5.41) is 10.7. The van der Waals surface area contributed by atoms with Crippen molar-refractivity contribution >= 4 is 10.9 Å². The molecule has 0 aliphatic carbocycles. The monoisotopic (exact) mass is 383 g/mol. The van der Waals surface area contributed by atoms with E-state index in [0.717, 1.165) is 27.9 Å². The Hall–Kier alpha value is -3.78. The van der Waals surface area contributed by atoms with Crippen molar-refractivity contribution in [3.63, 3.8) is 0 Å². The zero-order chi connectivity index (χ0) is 20.4. The predicted molar refractivity (Wildman–Crippen MR) is 113 cm³/mol. The van der Waals surface area contributed by atoms with Crippen LogP contribution in [-0.4, -0.2) is 15.7 Å². The van der Waals surface area contributed by atoms with Crippen LogP contribution in [0.25, 0.3) is 16.6 Å². The second-order valence-corrected chi connectivity index (χ2v) is 7.08. The number of hydrogen-bond acceptors (Lipinski definition) is 4. The van der Waals surface area contributed by atoms with Gasteiger partial charge in [0.2, 0.25) is 11.8 Å². The number of pyridine rings is 1. The van der Waals surface area contributed by atoms with E-state index in [-0.39, 0.29) is 6.10 Å². The van der Waals surface area contributed by atoms with Gasteiger partial charge in [0.25, 0.3) is 0 Å². The largest absolute Gasteiger partial charge is 0.491 e. The minimum Gasteiger partial charge on any atom is -0.491 e. The summed E-state index contributed by atoms with van der Waals surface area (Å²) in [6.45, 7) is 6.02. The molecule has 144 valence electrons. The van der Waals surface area contributed by atoms with E-state index in [0.29, 0.717) is 17.3 Å². The summed E-state index contributed by atoms with van der Waals surface area (Å²) in [6, 6.07) is 21.5. The van der Waals surface area contributed by atoms with Crippen LogP contribution in [0.3, 0.4) is 0 Å². The quantitative estimate of drug-likeness (QED) is 0.438. The van der Waals surface area contributed by atoms with Crippen molar-refractivity contribution in [3.05, 3.63) is 78.0 Å². The van der Waals surface area contributed by atoms with Gasteiger partial charge in [0.15, 0.2) is 0 Å². The topological polar surface area (TPSA) is 60.1 Å². The van der Waals surface area contributed by atoms with Crippen molar-refractivity contribution < 1.29 is 9.47 Å². The van der Waals surface area contributed by atoms with Crippen LogP contribution < -0.4 is 9.47 Å². The smallest absolute Gasteiger partial charge is 0.225 e. The first-order valence-electron chi connectivity index (χ1n) is 9.48. The van der Waals surface area contributed by atoms with Gasteiger partial charge in [-0.2, -0.15) is 5.26 Å². The molecule has 2 heterocycles. The van der Waals surface area contributed by atoms with Crippen LogP contribution in [-0.2, 0) is 0 Å². The lowest BCUT2D eigenvalue weighted by Gasteiger charge is -2.14. The molecule has 0 N–H and O–H groups in total. The molecule has 5 heteroatoms. The minimum absolute atomic E-state index is 0.101. The molecular weight excluding hydrogens is 362 g/mol. The summed E-state index contributed by atoms with van der Waals surface area (Å²) in [5.41, 5.74) is 3.37. The minimum atomic E-state index is 0.101. The Morgan fingerprint density at radius 1 is 1.03 bits per heavy atom. The van der Waals surface area contributed by atoms with E-state index in [9.17, 15) is 5.26 Å². The highest BCUT2D eigenvalue weighted by Crippen LogP contribution is 2.37. The summed E-state index contributed by atoms with van der Waals surface area (Å²) in [7, 11) is 0. The van der Waals surface area contributed by atoms with E-state index < -0.39 is 0 Å². The van der Waals surface area contributed by atoms with Crippen molar-refractivity contribution in [2.45, 2.75) is 26.9 Å². The highest BCUT2D eigenvalue weighted by atomic mass is 16.5. The molecule has 0 saturated heterocycles. The van der Waals surface area contributed by atoms with Gasteiger partial charge in [-0.15, -0.1) is 0 Å². The molecule has 5 nitrogen and oxygen atoms in total. The van der Waals surface area contributed by atoms with Gasteiger partial charge in [0, 0.05) is 23.3 Å². The Morgan fingerprint density at radius 3 is 2.48 bits per heavy atom. The number of ether oxygens (including phenoxy) is 2. The van der Waals surface area contributed by atoms with Gasteiger partial charge in [-0.25, -0.2) is 4.98 Å². The fraction of sp³-hybridized carbons (Fsp3) is 0.167. The van der Waals surface area contributed by atoms with E-state index >= 15 is 0 Å². The van der Waals surface area contributed by atoms with Crippen LogP contribution >= 0.6 is 0 Å². The first-order valence-corrected chi connectivity index (χ1v) is 9.48. The third-order valence-corrected chi connectivity index (χ3v) is 4.50. The molecule has 2 aromatic carbocycles. The lowest BCUT2D eigenvalue weighted by atomic mass is 10.1. The lowest BCUT2D eigenvalue weighted by Crippen LogP contribution is -2.05. The number of aromatic nitrogens is 2. The SMILES string of the molecule is Cc1ccc2c(C#N)c(Oc3ccccn3)n(-c3ccc(OC(C)C)cc3)c2c1. The van der Waals surface area contributed by atoms with E-state index in [2.05, 4.69) is 17.1 Å². The van der Waals surface area contributed by atoms with Crippen LogP contribution in [0.1, 0.15) is 25.0 Å². The summed E-state index contributed by atoms with van der Waals surface area (Å²) in [6.07, 6.45) is 1.76. The average Bonchev–Trinajstić information content (AvgIpc) is 3.01.